The van der Waals surface area contributed by atoms with E-state index in [1.54, 1.807) is 11.8 Å². The van der Waals surface area contributed by atoms with Gasteiger partial charge in [0.05, 0.1) is 13.2 Å². The van der Waals surface area contributed by atoms with E-state index < -0.39 is 7.60 Å². The van der Waals surface area contributed by atoms with E-state index in [9.17, 15) is 4.57 Å². The first kappa shape index (κ1) is 16.6. The van der Waals surface area contributed by atoms with Crippen molar-refractivity contribution < 1.29 is 13.6 Å². The Morgan fingerprint density at radius 3 is 2.06 bits per heavy atom. The molecule has 0 bridgehead atoms. The van der Waals surface area contributed by atoms with E-state index in [2.05, 4.69) is 6.92 Å². The van der Waals surface area contributed by atoms with Crippen LogP contribution in [-0.2, 0) is 13.6 Å². The van der Waals surface area contributed by atoms with Gasteiger partial charge in [0, 0.05) is 0 Å². The average Bonchev–Trinajstić information content (AvgIpc) is 2.24. The summed E-state index contributed by atoms with van der Waals surface area (Å²) in [5, 5.41) is 1.90. The van der Waals surface area contributed by atoms with Gasteiger partial charge in [-0.05, 0) is 30.8 Å². The number of hydrogen-bond acceptors (Lipinski definition) is 5. The van der Waals surface area contributed by atoms with E-state index in [1.165, 1.54) is 11.8 Å². The number of rotatable bonds is 9. The standard InChI is InChI=1S/C10H21O3PS2/c1-5-12-14(11,13-6-2)10(16-8-4)9-15-7-3/h9H,5-8H2,1-4H3/b10-9-. The summed E-state index contributed by atoms with van der Waals surface area (Å²) in [6.45, 7) is 8.53. The van der Waals surface area contributed by atoms with Crippen LogP contribution in [0, 0.1) is 0 Å². The SMILES string of the molecule is CCOP(=O)(OCC)/C(=C/SCC)SCC. The summed E-state index contributed by atoms with van der Waals surface area (Å²) in [6, 6.07) is 0. The van der Waals surface area contributed by atoms with Crippen LogP contribution in [0.25, 0.3) is 0 Å². The van der Waals surface area contributed by atoms with Gasteiger partial charge < -0.3 is 9.05 Å². The van der Waals surface area contributed by atoms with Crippen molar-refractivity contribution >= 4 is 31.1 Å². The highest BCUT2D eigenvalue weighted by molar-refractivity contribution is 8.11. The van der Waals surface area contributed by atoms with Gasteiger partial charge in [0.25, 0.3) is 0 Å². The lowest BCUT2D eigenvalue weighted by molar-refractivity contribution is 0.228. The molecule has 0 radical (unpaired) electrons. The molecule has 0 fully saturated rings. The first-order valence-corrected chi connectivity index (χ1v) is 9.06. The molecule has 16 heavy (non-hydrogen) atoms. The summed E-state index contributed by atoms with van der Waals surface area (Å²) < 4.78 is 23.8. The highest BCUT2D eigenvalue weighted by Gasteiger charge is 2.29. The van der Waals surface area contributed by atoms with Crippen LogP contribution in [0.1, 0.15) is 27.7 Å². The number of thioether (sulfide) groups is 2. The molecule has 0 aromatic rings. The van der Waals surface area contributed by atoms with Crippen molar-refractivity contribution in [2.45, 2.75) is 27.7 Å². The summed E-state index contributed by atoms with van der Waals surface area (Å²) >= 11 is 3.15. The smallest absolute Gasteiger partial charge is 0.305 e. The molecular weight excluding hydrogens is 263 g/mol. The quantitative estimate of drug-likeness (QED) is 0.580. The predicted octanol–water partition coefficient (Wildman–Crippen LogP) is 4.56. The monoisotopic (exact) mass is 284 g/mol. The van der Waals surface area contributed by atoms with Crippen LogP contribution in [0.15, 0.2) is 10.1 Å². The van der Waals surface area contributed by atoms with Gasteiger partial charge >= 0.3 is 7.60 Å². The third kappa shape index (κ3) is 5.78. The minimum atomic E-state index is -3.07. The zero-order valence-corrected chi connectivity index (χ0v) is 12.9. The first-order chi connectivity index (χ1) is 7.64. The highest BCUT2D eigenvalue weighted by atomic mass is 32.2. The maximum Gasteiger partial charge on any atom is 0.368 e. The second kappa shape index (κ2) is 9.60. The van der Waals surface area contributed by atoms with Gasteiger partial charge in [-0.25, -0.2) is 0 Å². The third-order valence-electron chi connectivity index (χ3n) is 1.51. The van der Waals surface area contributed by atoms with Crippen LogP contribution >= 0.6 is 31.1 Å². The van der Waals surface area contributed by atoms with Crippen molar-refractivity contribution in [1.82, 2.24) is 0 Å². The molecule has 0 aromatic heterocycles. The van der Waals surface area contributed by atoms with E-state index in [4.69, 9.17) is 9.05 Å². The van der Waals surface area contributed by atoms with Crippen molar-refractivity contribution in [1.29, 1.82) is 0 Å². The lowest BCUT2D eigenvalue weighted by atomic mass is 10.9. The fraction of sp³-hybridized carbons (Fsp3) is 0.800. The van der Waals surface area contributed by atoms with Gasteiger partial charge in [0.1, 0.15) is 4.65 Å². The second-order valence-electron chi connectivity index (χ2n) is 2.68. The van der Waals surface area contributed by atoms with Crippen LogP contribution in [0.2, 0.25) is 0 Å². The second-order valence-corrected chi connectivity index (χ2v) is 7.43. The van der Waals surface area contributed by atoms with Crippen LogP contribution in [0.5, 0.6) is 0 Å². The van der Waals surface area contributed by atoms with E-state index in [0.29, 0.717) is 13.2 Å². The van der Waals surface area contributed by atoms with Crippen LogP contribution in [0.3, 0.4) is 0 Å². The van der Waals surface area contributed by atoms with E-state index in [-0.39, 0.29) is 0 Å². The average molecular weight is 284 g/mol. The molecule has 0 aromatic carbocycles. The van der Waals surface area contributed by atoms with E-state index in [1.807, 2.05) is 26.2 Å². The fourth-order valence-corrected chi connectivity index (χ4v) is 5.15. The molecule has 0 N–H and O–H groups in total. The van der Waals surface area contributed by atoms with Crippen molar-refractivity contribution in [2.75, 3.05) is 24.7 Å². The summed E-state index contributed by atoms with van der Waals surface area (Å²) in [7, 11) is -3.07. The van der Waals surface area contributed by atoms with Gasteiger partial charge in [-0.2, -0.15) is 0 Å². The molecule has 0 aliphatic carbocycles. The molecule has 0 amide bonds. The normalized spacial score (nSPS) is 13.1. The zero-order chi connectivity index (χ0) is 12.4. The molecular formula is C10H21O3PS2. The van der Waals surface area contributed by atoms with Crippen LogP contribution < -0.4 is 0 Å². The molecule has 0 aliphatic rings. The molecule has 0 spiro atoms. The topological polar surface area (TPSA) is 35.5 Å². The fourth-order valence-electron chi connectivity index (χ4n) is 0.985. The summed E-state index contributed by atoms with van der Waals surface area (Å²) in [5.74, 6) is 1.81. The third-order valence-corrected chi connectivity index (χ3v) is 6.20. The Hall–Kier alpha value is 0.590. The minimum absolute atomic E-state index is 0.398. The molecule has 0 heterocycles. The summed E-state index contributed by atoms with van der Waals surface area (Å²) in [6.07, 6.45) is 0. The molecule has 0 saturated carbocycles. The van der Waals surface area contributed by atoms with E-state index in [0.717, 1.165) is 16.2 Å². The summed E-state index contributed by atoms with van der Waals surface area (Å²) in [5.41, 5.74) is 0. The Bertz CT molecular complexity index is 246. The van der Waals surface area contributed by atoms with Gasteiger partial charge in [0.15, 0.2) is 0 Å². The molecule has 0 saturated heterocycles. The minimum Gasteiger partial charge on any atom is -0.305 e. The maximum absolute atomic E-state index is 12.5. The molecule has 0 unspecified atom stereocenters. The lowest BCUT2D eigenvalue weighted by Gasteiger charge is -2.19. The Labute approximate surface area is 107 Å². The van der Waals surface area contributed by atoms with Crippen molar-refractivity contribution in [3.63, 3.8) is 0 Å². The zero-order valence-electron chi connectivity index (χ0n) is 10.4. The van der Waals surface area contributed by atoms with Crippen molar-refractivity contribution in [2.24, 2.45) is 0 Å². The molecule has 96 valence electrons. The predicted molar refractivity (Wildman–Crippen MR) is 75.2 cm³/mol. The molecule has 0 atom stereocenters. The van der Waals surface area contributed by atoms with Gasteiger partial charge in [-0.1, -0.05) is 13.8 Å². The van der Waals surface area contributed by atoms with Crippen molar-refractivity contribution in [3.05, 3.63) is 10.1 Å². The maximum atomic E-state index is 12.5. The Morgan fingerprint density at radius 1 is 1.12 bits per heavy atom. The van der Waals surface area contributed by atoms with E-state index >= 15 is 0 Å². The number of hydrogen-bond donors (Lipinski definition) is 0. The van der Waals surface area contributed by atoms with Crippen LogP contribution in [-0.4, -0.2) is 24.7 Å². The Balaban J connectivity index is 4.85. The Morgan fingerprint density at radius 2 is 1.69 bits per heavy atom. The Kier molecular flexibility index (Phi) is 9.96. The van der Waals surface area contributed by atoms with Gasteiger partial charge in [-0.15, -0.1) is 23.5 Å². The van der Waals surface area contributed by atoms with Gasteiger partial charge in [-0.3, -0.25) is 4.57 Å². The molecule has 0 rings (SSSR count). The summed E-state index contributed by atoms with van der Waals surface area (Å²) in [4.78, 5) is 0. The van der Waals surface area contributed by atoms with Crippen LogP contribution in [0.4, 0.5) is 0 Å². The molecule has 0 aliphatic heterocycles. The highest BCUT2D eigenvalue weighted by Crippen LogP contribution is 2.60. The molecule has 6 heteroatoms. The first-order valence-electron chi connectivity index (χ1n) is 5.48. The van der Waals surface area contributed by atoms with Gasteiger partial charge in [0.2, 0.25) is 0 Å². The van der Waals surface area contributed by atoms with Crippen molar-refractivity contribution in [3.8, 4) is 0 Å². The largest absolute Gasteiger partial charge is 0.368 e. The molecule has 3 nitrogen and oxygen atoms in total. The lowest BCUT2D eigenvalue weighted by Crippen LogP contribution is -1.97.